The quantitative estimate of drug-likeness (QED) is 0.449. The average molecular weight is 320 g/mol. The predicted molar refractivity (Wildman–Crippen MR) is 83.5 cm³/mol. The molecule has 0 spiro atoms. The molecule has 0 saturated carbocycles. The maximum absolute atomic E-state index is 12.0. The number of hydrogen-bond acceptors (Lipinski definition) is 4. The summed E-state index contributed by atoms with van der Waals surface area (Å²) in [5, 5.41) is 11.4. The van der Waals surface area contributed by atoms with E-state index in [-0.39, 0.29) is 30.1 Å². The number of non-ortho nitro benzene ring substituents is 1. The first kappa shape index (κ1) is 16.0. The van der Waals surface area contributed by atoms with Gasteiger partial charge in [0.15, 0.2) is 5.78 Å². The summed E-state index contributed by atoms with van der Waals surface area (Å²) in [4.78, 5) is 22.3. The van der Waals surface area contributed by atoms with Crippen molar-refractivity contribution in [2.45, 2.75) is 20.0 Å². The highest BCUT2D eigenvalue weighted by atomic mass is 35.5. The maximum Gasteiger partial charge on any atom is 0.270 e. The molecule has 0 heterocycles. The lowest BCUT2D eigenvalue weighted by Crippen LogP contribution is -2.04. The SMILES string of the molecule is CCC(=O)c1cc([N+](=O)[O-])ccc1OCc1ccccc1Cl. The number of carbonyl (C=O) groups is 1. The predicted octanol–water partition coefficient (Wildman–Crippen LogP) is 4.42. The lowest BCUT2D eigenvalue weighted by atomic mass is 10.1. The zero-order chi connectivity index (χ0) is 16.1. The molecule has 0 N–H and O–H groups in total. The molecule has 22 heavy (non-hydrogen) atoms. The molecular formula is C16H14ClNO4. The Bertz CT molecular complexity index is 715. The third kappa shape index (κ3) is 3.62. The number of ether oxygens (including phenoxy) is 1. The van der Waals surface area contributed by atoms with Crippen molar-refractivity contribution in [3.63, 3.8) is 0 Å². The molecule has 0 atom stereocenters. The Kier molecular flexibility index (Phi) is 5.12. The summed E-state index contributed by atoms with van der Waals surface area (Å²) >= 11 is 6.05. The van der Waals surface area contributed by atoms with Gasteiger partial charge in [-0.1, -0.05) is 36.7 Å². The smallest absolute Gasteiger partial charge is 0.270 e. The molecule has 0 radical (unpaired) electrons. The molecule has 0 saturated heterocycles. The average Bonchev–Trinajstić information content (AvgIpc) is 2.53. The van der Waals surface area contributed by atoms with Crippen LogP contribution in [0.5, 0.6) is 5.75 Å². The van der Waals surface area contributed by atoms with E-state index in [1.54, 1.807) is 13.0 Å². The van der Waals surface area contributed by atoms with Crippen molar-refractivity contribution in [3.05, 3.63) is 68.7 Å². The molecule has 2 rings (SSSR count). The van der Waals surface area contributed by atoms with Crippen molar-refractivity contribution >= 4 is 23.1 Å². The number of benzene rings is 2. The highest BCUT2D eigenvalue weighted by Crippen LogP contribution is 2.27. The fraction of sp³-hybridized carbons (Fsp3) is 0.188. The second-order valence-corrected chi connectivity index (χ2v) is 5.00. The summed E-state index contributed by atoms with van der Waals surface area (Å²) in [5.74, 6) is 0.107. The van der Waals surface area contributed by atoms with E-state index >= 15 is 0 Å². The zero-order valence-electron chi connectivity index (χ0n) is 11.9. The minimum atomic E-state index is -0.537. The molecule has 0 aliphatic heterocycles. The summed E-state index contributed by atoms with van der Waals surface area (Å²) in [5.41, 5.74) is 0.850. The molecular weight excluding hydrogens is 306 g/mol. The Hall–Kier alpha value is -2.40. The highest BCUT2D eigenvalue weighted by Gasteiger charge is 2.17. The second-order valence-electron chi connectivity index (χ2n) is 4.59. The summed E-state index contributed by atoms with van der Waals surface area (Å²) in [6.45, 7) is 1.88. The van der Waals surface area contributed by atoms with Crippen LogP contribution in [0.4, 0.5) is 5.69 Å². The maximum atomic E-state index is 12.0. The van der Waals surface area contributed by atoms with Crippen molar-refractivity contribution in [3.8, 4) is 5.75 Å². The van der Waals surface area contributed by atoms with Gasteiger partial charge in [0.1, 0.15) is 12.4 Å². The number of ketones is 1. The third-order valence-electron chi connectivity index (χ3n) is 3.14. The number of nitrogens with zero attached hydrogens (tertiary/aromatic N) is 1. The molecule has 0 aromatic heterocycles. The van der Waals surface area contributed by atoms with Gasteiger partial charge < -0.3 is 4.74 Å². The van der Waals surface area contributed by atoms with E-state index in [1.807, 2.05) is 18.2 Å². The van der Waals surface area contributed by atoms with Crippen LogP contribution in [0.15, 0.2) is 42.5 Å². The van der Waals surface area contributed by atoms with Crippen LogP contribution in [0, 0.1) is 10.1 Å². The van der Waals surface area contributed by atoms with Gasteiger partial charge in [-0.2, -0.15) is 0 Å². The number of carbonyl (C=O) groups excluding carboxylic acids is 1. The van der Waals surface area contributed by atoms with Gasteiger partial charge in [0.2, 0.25) is 0 Å². The standard InChI is InChI=1S/C16H14ClNO4/c1-2-15(19)13-9-12(18(20)21)7-8-16(13)22-10-11-5-3-4-6-14(11)17/h3-9H,2,10H2,1H3. The Morgan fingerprint density at radius 2 is 2.00 bits per heavy atom. The molecule has 0 fully saturated rings. The molecule has 6 heteroatoms. The van der Waals surface area contributed by atoms with Crippen LogP contribution in [0.1, 0.15) is 29.3 Å². The highest BCUT2D eigenvalue weighted by molar-refractivity contribution is 6.31. The topological polar surface area (TPSA) is 69.4 Å². The molecule has 0 aliphatic carbocycles. The molecule has 0 aliphatic rings. The van der Waals surface area contributed by atoms with Crippen molar-refractivity contribution in [1.82, 2.24) is 0 Å². The lowest BCUT2D eigenvalue weighted by molar-refractivity contribution is -0.384. The summed E-state index contributed by atoms with van der Waals surface area (Å²) in [6, 6.07) is 11.2. The first-order valence-electron chi connectivity index (χ1n) is 6.70. The number of halogens is 1. The Balaban J connectivity index is 2.28. The van der Waals surface area contributed by atoms with Crippen LogP contribution in [0.25, 0.3) is 0 Å². The Labute approximate surface area is 132 Å². The minimum absolute atomic E-state index is 0.137. The molecule has 0 amide bonds. The van der Waals surface area contributed by atoms with Gasteiger partial charge in [-0.3, -0.25) is 14.9 Å². The van der Waals surface area contributed by atoms with Crippen molar-refractivity contribution < 1.29 is 14.5 Å². The van der Waals surface area contributed by atoms with Crippen LogP contribution in [-0.4, -0.2) is 10.7 Å². The molecule has 5 nitrogen and oxygen atoms in total. The van der Waals surface area contributed by atoms with Gasteiger partial charge in [-0.05, 0) is 12.1 Å². The van der Waals surface area contributed by atoms with Crippen LogP contribution in [0.2, 0.25) is 5.02 Å². The number of hydrogen-bond donors (Lipinski definition) is 0. The van der Waals surface area contributed by atoms with E-state index in [0.717, 1.165) is 5.56 Å². The van der Waals surface area contributed by atoms with Gasteiger partial charge in [0.25, 0.3) is 5.69 Å². The third-order valence-corrected chi connectivity index (χ3v) is 3.51. The summed E-state index contributed by atoms with van der Waals surface area (Å²) < 4.78 is 5.63. The molecule has 0 bridgehead atoms. The van der Waals surface area contributed by atoms with Crippen LogP contribution in [-0.2, 0) is 6.61 Å². The Morgan fingerprint density at radius 3 is 2.64 bits per heavy atom. The van der Waals surface area contributed by atoms with Gasteiger partial charge in [0.05, 0.1) is 10.5 Å². The normalized spacial score (nSPS) is 10.3. The van der Waals surface area contributed by atoms with Crippen LogP contribution < -0.4 is 4.74 Å². The largest absolute Gasteiger partial charge is 0.488 e. The number of nitro benzene ring substituents is 1. The zero-order valence-corrected chi connectivity index (χ0v) is 12.7. The van der Waals surface area contributed by atoms with Crippen LogP contribution in [0.3, 0.4) is 0 Å². The second kappa shape index (κ2) is 7.04. The summed E-state index contributed by atoms with van der Waals surface area (Å²) in [6.07, 6.45) is 0.240. The minimum Gasteiger partial charge on any atom is -0.488 e. The number of Topliss-reactive ketones (excluding diaryl/α,β-unsaturated/α-hetero) is 1. The monoisotopic (exact) mass is 319 g/mol. The molecule has 0 unspecified atom stereocenters. The molecule has 2 aromatic carbocycles. The van der Waals surface area contributed by atoms with E-state index in [4.69, 9.17) is 16.3 Å². The first-order chi connectivity index (χ1) is 10.5. The van der Waals surface area contributed by atoms with E-state index in [1.165, 1.54) is 18.2 Å². The van der Waals surface area contributed by atoms with E-state index < -0.39 is 4.92 Å². The lowest BCUT2D eigenvalue weighted by Gasteiger charge is -2.11. The van der Waals surface area contributed by atoms with E-state index in [2.05, 4.69) is 0 Å². The van der Waals surface area contributed by atoms with Crippen LogP contribution >= 0.6 is 11.6 Å². The van der Waals surface area contributed by atoms with E-state index in [9.17, 15) is 14.9 Å². The first-order valence-corrected chi connectivity index (χ1v) is 7.08. The number of rotatable bonds is 6. The van der Waals surface area contributed by atoms with Crippen molar-refractivity contribution in [2.75, 3.05) is 0 Å². The fourth-order valence-corrected chi connectivity index (χ4v) is 2.13. The van der Waals surface area contributed by atoms with Gasteiger partial charge in [-0.25, -0.2) is 0 Å². The fourth-order valence-electron chi connectivity index (χ4n) is 1.94. The molecule has 114 valence electrons. The molecule has 2 aromatic rings. The van der Waals surface area contributed by atoms with Gasteiger partial charge >= 0.3 is 0 Å². The summed E-state index contributed by atoms with van der Waals surface area (Å²) in [7, 11) is 0. The van der Waals surface area contributed by atoms with Gasteiger partial charge in [0, 0.05) is 29.1 Å². The van der Waals surface area contributed by atoms with E-state index in [0.29, 0.717) is 10.8 Å². The number of nitro groups is 1. The van der Waals surface area contributed by atoms with Crippen molar-refractivity contribution in [2.24, 2.45) is 0 Å². The Morgan fingerprint density at radius 1 is 1.27 bits per heavy atom. The van der Waals surface area contributed by atoms with Gasteiger partial charge in [-0.15, -0.1) is 0 Å². The van der Waals surface area contributed by atoms with Crippen molar-refractivity contribution in [1.29, 1.82) is 0 Å².